The zero-order valence-electron chi connectivity index (χ0n) is 14.4. The average Bonchev–Trinajstić information content (AvgIpc) is 2.63. The third-order valence-corrected chi connectivity index (χ3v) is 3.88. The molecule has 2 aromatic heterocycles. The van der Waals surface area contributed by atoms with Crippen LogP contribution in [0.1, 0.15) is 24.2 Å². The van der Waals surface area contributed by atoms with Crippen LogP contribution in [0.2, 0.25) is 0 Å². The first-order chi connectivity index (χ1) is 12.5. The van der Waals surface area contributed by atoms with Crippen molar-refractivity contribution in [3.05, 3.63) is 74.8 Å². The molecule has 0 fully saturated rings. The molecule has 0 bridgehead atoms. The van der Waals surface area contributed by atoms with Gasteiger partial charge in [-0.2, -0.15) is 5.10 Å². The summed E-state index contributed by atoms with van der Waals surface area (Å²) in [5.41, 5.74) is 0.685. The largest absolute Gasteiger partial charge is 0.337 e. The fourth-order valence-corrected chi connectivity index (χ4v) is 2.70. The summed E-state index contributed by atoms with van der Waals surface area (Å²) in [6.45, 7) is 3.53. The van der Waals surface area contributed by atoms with Gasteiger partial charge in [0, 0.05) is 18.2 Å². The number of rotatable bonds is 5. The Morgan fingerprint density at radius 2 is 1.85 bits per heavy atom. The van der Waals surface area contributed by atoms with Crippen LogP contribution in [0, 0.1) is 0 Å². The molecule has 0 spiro atoms. The van der Waals surface area contributed by atoms with Crippen LogP contribution >= 0.6 is 0 Å². The summed E-state index contributed by atoms with van der Waals surface area (Å²) < 4.78 is 1.29. The Morgan fingerprint density at radius 3 is 2.46 bits per heavy atom. The highest BCUT2D eigenvalue weighted by Gasteiger charge is 2.22. The van der Waals surface area contributed by atoms with E-state index >= 15 is 0 Å². The summed E-state index contributed by atoms with van der Waals surface area (Å²) in [5.74, 6) is 0.0300. The molecule has 0 aliphatic rings. The number of hydrogen-bond acceptors (Lipinski definition) is 5. The van der Waals surface area contributed by atoms with Crippen molar-refractivity contribution < 1.29 is 4.79 Å². The summed E-state index contributed by atoms with van der Waals surface area (Å²) in [6, 6.07) is 13.7. The average molecular weight is 350 g/mol. The number of aryl methyl sites for hydroxylation is 1. The van der Waals surface area contributed by atoms with Crippen molar-refractivity contribution in [1.82, 2.24) is 14.8 Å². The molecule has 0 unspecified atom stereocenters. The monoisotopic (exact) mass is 350 g/mol. The Labute approximate surface area is 149 Å². The SMILES string of the molecule is CCn1nc(-c2ccccc2)c(C(C)=O)c(Nc2cccc(=O)[nH]2)c1=O. The molecule has 7 heteroatoms. The van der Waals surface area contributed by atoms with E-state index in [2.05, 4.69) is 15.4 Å². The van der Waals surface area contributed by atoms with Gasteiger partial charge >= 0.3 is 0 Å². The zero-order chi connectivity index (χ0) is 18.7. The van der Waals surface area contributed by atoms with Crippen molar-refractivity contribution in [2.75, 3.05) is 5.32 Å². The number of carbonyl (C=O) groups is 1. The molecule has 132 valence electrons. The number of hydrogen-bond donors (Lipinski definition) is 2. The van der Waals surface area contributed by atoms with Gasteiger partial charge in [-0.05, 0) is 19.9 Å². The van der Waals surface area contributed by atoms with Gasteiger partial charge in [0.15, 0.2) is 5.78 Å². The van der Waals surface area contributed by atoms with E-state index in [-0.39, 0.29) is 22.6 Å². The molecule has 7 nitrogen and oxygen atoms in total. The second-order valence-electron chi connectivity index (χ2n) is 5.70. The van der Waals surface area contributed by atoms with Crippen LogP contribution in [0.15, 0.2) is 58.1 Å². The van der Waals surface area contributed by atoms with Gasteiger partial charge in [-0.1, -0.05) is 36.4 Å². The predicted molar refractivity (Wildman–Crippen MR) is 100.0 cm³/mol. The van der Waals surface area contributed by atoms with Crippen molar-refractivity contribution >= 4 is 17.3 Å². The number of aromatic nitrogens is 3. The molecule has 0 saturated carbocycles. The Kier molecular flexibility index (Phi) is 4.79. The van der Waals surface area contributed by atoms with E-state index in [0.29, 0.717) is 18.1 Å². The van der Waals surface area contributed by atoms with Gasteiger partial charge in [0.1, 0.15) is 17.2 Å². The topological polar surface area (TPSA) is 96.8 Å². The van der Waals surface area contributed by atoms with Crippen molar-refractivity contribution in [1.29, 1.82) is 0 Å². The van der Waals surface area contributed by atoms with Crippen LogP contribution in [-0.4, -0.2) is 20.5 Å². The molecule has 3 aromatic rings. The van der Waals surface area contributed by atoms with Crippen LogP contribution in [0.5, 0.6) is 0 Å². The summed E-state index contributed by atoms with van der Waals surface area (Å²) >= 11 is 0. The Balaban J connectivity index is 2.29. The Morgan fingerprint density at radius 1 is 1.12 bits per heavy atom. The van der Waals surface area contributed by atoms with Crippen LogP contribution in [0.4, 0.5) is 11.5 Å². The number of nitrogens with one attached hydrogen (secondary N) is 2. The number of ketones is 1. The Bertz CT molecular complexity index is 1070. The normalized spacial score (nSPS) is 10.5. The number of Topliss-reactive ketones (excluding diaryl/α,β-unsaturated/α-hetero) is 1. The lowest BCUT2D eigenvalue weighted by Crippen LogP contribution is -2.28. The molecule has 0 atom stereocenters. The highest BCUT2D eigenvalue weighted by atomic mass is 16.1. The molecule has 0 radical (unpaired) electrons. The lowest BCUT2D eigenvalue weighted by atomic mass is 10.0. The quantitative estimate of drug-likeness (QED) is 0.689. The molecule has 0 saturated heterocycles. The van der Waals surface area contributed by atoms with Crippen LogP contribution in [-0.2, 0) is 6.54 Å². The molecule has 0 aliphatic carbocycles. The molecule has 2 heterocycles. The van der Waals surface area contributed by atoms with E-state index < -0.39 is 5.56 Å². The number of nitrogens with zero attached hydrogens (tertiary/aromatic N) is 2. The van der Waals surface area contributed by atoms with Crippen molar-refractivity contribution in [3.8, 4) is 11.3 Å². The molecule has 0 amide bonds. The second kappa shape index (κ2) is 7.18. The maximum absolute atomic E-state index is 12.8. The summed E-state index contributed by atoms with van der Waals surface area (Å²) in [6.07, 6.45) is 0. The molecule has 2 N–H and O–H groups in total. The third-order valence-electron chi connectivity index (χ3n) is 3.88. The number of H-pyrrole nitrogens is 1. The van der Waals surface area contributed by atoms with E-state index in [1.807, 2.05) is 30.3 Å². The van der Waals surface area contributed by atoms with Crippen LogP contribution < -0.4 is 16.4 Å². The van der Waals surface area contributed by atoms with Gasteiger partial charge in [0.05, 0.1) is 5.56 Å². The lowest BCUT2D eigenvalue weighted by molar-refractivity contribution is 0.101. The first kappa shape index (κ1) is 17.3. The third kappa shape index (κ3) is 3.32. The number of carbonyl (C=O) groups excluding carboxylic acids is 1. The molecular weight excluding hydrogens is 332 g/mol. The number of benzene rings is 1. The summed E-state index contributed by atoms with van der Waals surface area (Å²) in [5, 5.41) is 7.27. The van der Waals surface area contributed by atoms with Crippen LogP contribution in [0.25, 0.3) is 11.3 Å². The van der Waals surface area contributed by atoms with Gasteiger partial charge < -0.3 is 10.3 Å². The molecule has 3 rings (SSSR count). The molecular formula is C19H18N4O3. The number of anilines is 2. The summed E-state index contributed by atoms with van der Waals surface area (Å²) in [7, 11) is 0. The van der Waals surface area contributed by atoms with E-state index in [4.69, 9.17) is 0 Å². The smallest absolute Gasteiger partial charge is 0.291 e. The predicted octanol–water partition coefficient (Wildman–Crippen LogP) is 2.56. The maximum Gasteiger partial charge on any atom is 0.291 e. The molecule has 1 aromatic carbocycles. The van der Waals surface area contributed by atoms with Gasteiger partial charge in [-0.3, -0.25) is 14.4 Å². The number of aromatic amines is 1. The standard InChI is InChI=1S/C19H18N4O3/c1-3-23-19(26)18(21-14-10-7-11-15(25)20-14)16(12(2)24)17(22-23)13-8-5-4-6-9-13/h4-11H,3H2,1-2H3,(H2,20,21,25). The van der Waals surface area contributed by atoms with Crippen molar-refractivity contribution in [2.45, 2.75) is 20.4 Å². The fraction of sp³-hybridized carbons (Fsp3) is 0.158. The van der Waals surface area contributed by atoms with Gasteiger partial charge in [-0.15, -0.1) is 0 Å². The molecule has 0 aliphatic heterocycles. The van der Waals surface area contributed by atoms with Crippen LogP contribution in [0.3, 0.4) is 0 Å². The second-order valence-corrected chi connectivity index (χ2v) is 5.70. The van der Waals surface area contributed by atoms with Gasteiger partial charge in [-0.25, -0.2) is 4.68 Å². The lowest BCUT2D eigenvalue weighted by Gasteiger charge is -2.15. The minimum atomic E-state index is -0.429. The van der Waals surface area contributed by atoms with Gasteiger partial charge in [0.25, 0.3) is 5.56 Å². The van der Waals surface area contributed by atoms with E-state index in [0.717, 1.165) is 5.56 Å². The Hall–Kier alpha value is -3.48. The minimum absolute atomic E-state index is 0.0926. The first-order valence-corrected chi connectivity index (χ1v) is 8.19. The summed E-state index contributed by atoms with van der Waals surface area (Å²) in [4.78, 5) is 39.3. The first-order valence-electron chi connectivity index (χ1n) is 8.19. The van der Waals surface area contributed by atoms with E-state index in [1.54, 1.807) is 19.1 Å². The minimum Gasteiger partial charge on any atom is -0.337 e. The maximum atomic E-state index is 12.8. The fourth-order valence-electron chi connectivity index (χ4n) is 2.70. The molecule has 26 heavy (non-hydrogen) atoms. The highest BCUT2D eigenvalue weighted by molar-refractivity contribution is 6.05. The zero-order valence-corrected chi connectivity index (χ0v) is 14.4. The van der Waals surface area contributed by atoms with Crippen molar-refractivity contribution in [3.63, 3.8) is 0 Å². The van der Waals surface area contributed by atoms with Gasteiger partial charge in [0.2, 0.25) is 5.56 Å². The number of pyridine rings is 1. The highest BCUT2D eigenvalue weighted by Crippen LogP contribution is 2.26. The van der Waals surface area contributed by atoms with Crippen molar-refractivity contribution in [2.24, 2.45) is 0 Å². The van der Waals surface area contributed by atoms with E-state index in [9.17, 15) is 14.4 Å². The van der Waals surface area contributed by atoms with E-state index in [1.165, 1.54) is 17.7 Å².